The van der Waals surface area contributed by atoms with Gasteiger partial charge in [0.15, 0.2) is 17.7 Å². The maximum Gasteiger partial charge on any atom is 0.341 e. The number of rotatable bonds is 5. The van der Waals surface area contributed by atoms with Gasteiger partial charge in [0.1, 0.15) is 0 Å². The molecule has 0 aromatic heterocycles. The van der Waals surface area contributed by atoms with Crippen molar-refractivity contribution in [3.63, 3.8) is 0 Å². The van der Waals surface area contributed by atoms with E-state index >= 15 is 0 Å². The molecule has 2 aromatic rings. The molecule has 0 heterocycles. The summed E-state index contributed by atoms with van der Waals surface area (Å²) in [5.41, 5.74) is 6.65. The molecular weight excluding hydrogens is 396 g/mol. The second-order valence-electron chi connectivity index (χ2n) is 8.13. The number of esters is 1. The average molecular weight is 422 g/mol. The number of hydrogen-bond acceptors (Lipinski definition) is 6. The van der Waals surface area contributed by atoms with Crippen LogP contribution in [0, 0.1) is 0 Å². The molecule has 7 nitrogen and oxygen atoms in total. The molecular formula is C24H26N2O5. The summed E-state index contributed by atoms with van der Waals surface area (Å²) in [5, 5.41) is 0. The smallest absolute Gasteiger partial charge is 0.341 e. The molecule has 162 valence electrons. The number of carbonyl (C=O) groups excluding carboxylic acids is 4. The summed E-state index contributed by atoms with van der Waals surface area (Å²) in [4.78, 5) is 52.9. The zero-order valence-electron chi connectivity index (χ0n) is 18.3. The maximum absolute atomic E-state index is 13.0. The Kier molecular flexibility index (Phi) is 5.97. The third-order valence-corrected chi connectivity index (χ3v) is 5.35. The Labute approximate surface area is 181 Å². The van der Waals surface area contributed by atoms with E-state index in [1.54, 1.807) is 29.2 Å². The average Bonchev–Trinajstić information content (AvgIpc) is 2.71. The lowest BCUT2D eigenvalue weighted by Gasteiger charge is -2.32. The van der Waals surface area contributed by atoms with Gasteiger partial charge in [0.25, 0.3) is 5.91 Å². The normalized spacial score (nSPS) is 13.6. The van der Waals surface area contributed by atoms with Crippen molar-refractivity contribution in [2.75, 3.05) is 5.73 Å². The van der Waals surface area contributed by atoms with E-state index in [1.165, 1.54) is 19.1 Å². The first-order valence-electron chi connectivity index (χ1n) is 10.2. The number of nitrogens with two attached hydrogens (primary N) is 1. The molecule has 0 saturated heterocycles. The Morgan fingerprint density at radius 1 is 0.839 bits per heavy atom. The second kappa shape index (κ2) is 8.34. The molecule has 1 aliphatic carbocycles. The van der Waals surface area contributed by atoms with E-state index in [0.29, 0.717) is 5.56 Å². The lowest BCUT2D eigenvalue weighted by Crippen LogP contribution is -2.47. The van der Waals surface area contributed by atoms with E-state index in [1.807, 2.05) is 27.7 Å². The van der Waals surface area contributed by atoms with Crippen LogP contribution in [0.2, 0.25) is 0 Å². The Hall–Kier alpha value is -3.48. The van der Waals surface area contributed by atoms with Crippen molar-refractivity contribution in [3.05, 3.63) is 64.2 Å². The van der Waals surface area contributed by atoms with E-state index in [9.17, 15) is 19.2 Å². The summed E-state index contributed by atoms with van der Waals surface area (Å²) in [7, 11) is 0. The van der Waals surface area contributed by atoms with E-state index in [0.717, 1.165) is 0 Å². The minimum Gasteiger partial charge on any atom is -0.449 e. The zero-order chi connectivity index (χ0) is 23.0. The largest absolute Gasteiger partial charge is 0.449 e. The first kappa shape index (κ1) is 22.2. The van der Waals surface area contributed by atoms with Crippen LogP contribution in [0.15, 0.2) is 36.4 Å². The number of hydrogen-bond donors (Lipinski definition) is 1. The standard InChI is InChI=1S/C24H26N2O5/c1-12(2)26(13(3)4)23(29)14(5)31-24(30)18-11-10-17-19(20(18)25)22(28)16-9-7-6-8-15(16)21(17)27/h6-14H,25H2,1-5H3. The molecule has 1 atom stereocenters. The van der Waals surface area contributed by atoms with Gasteiger partial charge in [0.05, 0.1) is 16.8 Å². The molecule has 31 heavy (non-hydrogen) atoms. The predicted molar refractivity (Wildman–Crippen MR) is 116 cm³/mol. The van der Waals surface area contributed by atoms with Gasteiger partial charge in [-0.15, -0.1) is 0 Å². The lowest BCUT2D eigenvalue weighted by molar-refractivity contribution is -0.143. The van der Waals surface area contributed by atoms with Gasteiger partial charge in [-0.2, -0.15) is 0 Å². The molecule has 0 saturated carbocycles. The van der Waals surface area contributed by atoms with Gasteiger partial charge >= 0.3 is 5.97 Å². The number of nitrogen functional groups attached to an aromatic ring is 1. The highest BCUT2D eigenvalue weighted by atomic mass is 16.5. The van der Waals surface area contributed by atoms with Crippen LogP contribution in [-0.4, -0.2) is 46.5 Å². The van der Waals surface area contributed by atoms with Gasteiger partial charge < -0.3 is 15.4 Å². The molecule has 1 amide bonds. The monoisotopic (exact) mass is 422 g/mol. The van der Waals surface area contributed by atoms with Crippen LogP contribution in [0.3, 0.4) is 0 Å². The highest BCUT2D eigenvalue weighted by Crippen LogP contribution is 2.33. The van der Waals surface area contributed by atoms with E-state index in [4.69, 9.17) is 10.5 Å². The van der Waals surface area contributed by atoms with Crippen molar-refractivity contribution in [2.24, 2.45) is 0 Å². The van der Waals surface area contributed by atoms with Crippen molar-refractivity contribution in [1.82, 2.24) is 4.90 Å². The molecule has 0 spiro atoms. The Bertz CT molecular complexity index is 1080. The predicted octanol–water partition coefficient (Wildman–Crippen LogP) is 3.23. The highest BCUT2D eigenvalue weighted by molar-refractivity contribution is 6.30. The number of nitrogens with zero attached hydrogens (tertiary/aromatic N) is 1. The first-order valence-corrected chi connectivity index (χ1v) is 10.2. The fourth-order valence-corrected chi connectivity index (χ4v) is 3.98. The quantitative estimate of drug-likeness (QED) is 0.500. The van der Waals surface area contributed by atoms with Crippen molar-refractivity contribution in [1.29, 1.82) is 0 Å². The number of benzene rings is 2. The molecule has 7 heteroatoms. The fraction of sp³-hybridized carbons (Fsp3) is 0.333. The lowest BCUT2D eigenvalue weighted by atomic mass is 9.82. The molecule has 0 bridgehead atoms. The van der Waals surface area contributed by atoms with Gasteiger partial charge in [-0.05, 0) is 46.8 Å². The van der Waals surface area contributed by atoms with E-state index < -0.39 is 17.9 Å². The number of anilines is 1. The van der Waals surface area contributed by atoms with Crippen molar-refractivity contribution in [2.45, 2.75) is 52.8 Å². The third kappa shape index (κ3) is 3.83. The summed E-state index contributed by atoms with van der Waals surface area (Å²) >= 11 is 0. The molecule has 0 fully saturated rings. The van der Waals surface area contributed by atoms with Gasteiger partial charge in [-0.1, -0.05) is 24.3 Å². The van der Waals surface area contributed by atoms with Crippen molar-refractivity contribution in [3.8, 4) is 0 Å². The number of fused-ring (bicyclic) bond motifs is 2. The molecule has 0 radical (unpaired) electrons. The minimum absolute atomic E-state index is 0.0110. The van der Waals surface area contributed by atoms with E-state index in [-0.39, 0.29) is 51.7 Å². The van der Waals surface area contributed by atoms with Gasteiger partial charge in [0, 0.05) is 28.8 Å². The maximum atomic E-state index is 13.0. The number of ketones is 2. The molecule has 0 aliphatic heterocycles. The van der Waals surface area contributed by atoms with Gasteiger partial charge in [-0.3, -0.25) is 14.4 Å². The summed E-state index contributed by atoms with van der Waals surface area (Å²) in [6.45, 7) is 9.03. The van der Waals surface area contributed by atoms with Gasteiger partial charge in [-0.25, -0.2) is 4.79 Å². The van der Waals surface area contributed by atoms with Crippen molar-refractivity contribution < 1.29 is 23.9 Å². The Morgan fingerprint density at radius 3 is 1.94 bits per heavy atom. The first-order chi connectivity index (χ1) is 14.6. The Morgan fingerprint density at radius 2 is 1.39 bits per heavy atom. The third-order valence-electron chi connectivity index (χ3n) is 5.35. The van der Waals surface area contributed by atoms with E-state index in [2.05, 4.69) is 0 Å². The molecule has 2 N–H and O–H groups in total. The van der Waals surface area contributed by atoms with Crippen LogP contribution in [0.1, 0.15) is 76.8 Å². The molecule has 1 unspecified atom stereocenters. The van der Waals surface area contributed by atoms with Crippen LogP contribution in [0.4, 0.5) is 5.69 Å². The SMILES string of the molecule is CC(OC(=O)c1ccc2c(c1N)C(=O)c1ccccc1C2=O)C(=O)N(C(C)C)C(C)C. The van der Waals surface area contributed by atoms with Crippen LogP contribution in [0.25, 0.3) is 0 Å². The summed E-state index contributed by atoms with van der Waals surface area (Å²) < 4.78 is 5.38. The molecule has 3 rings (SSSR count). The highest BCUT2D eigenvalue weighted by Gasteiger charge is 2.34. The summed E-state index contributed by atoms with van der Waals surface area (Å²) in [6.07, 6.45) is -1.04. The minimum atomic E-state index is -1.04. The molecule has 2 aromatic carbocycles. The summed E-state index contributed by atoms with van der Waals surface area (Å²) in [6, 6.07) is 9.11. The van der Waals surface area contributed by atoms with Crippen LogP contribution < -0.4 is 5.73 Å². The zero-order valence-corrected chi connectivity index (χ0v) is 18.3. The number of ether oxygens (including phenoxy) is 1. The van der Waals surface area contributed by atoms with Crippen LogP contribution >= 0.6 is 0 Å². The van der Waals surface area contributed by atoms with Crippen LogP contribution in [0.5, 0.6) is 0 Å². The number of amides is 1. The molecule has 1 aliphatic rings. The van der Waals surface area contributed by atoms with Crippen LogP contribution in [-0.2, 0) is 9.53 Å². The fourth-order valence-electron chi connectivity index (χ4n) is 3.98. The Balaban J connectivity index is 1.91. The van der Waals surface area contributed by atoms with Gasteiger partial charge in [0.2, 0.25) is 0 Å². The van der Waals surface area contributed by atoms with Crippen molar-refractivity contribution >= 4 is 29.1 Å². The number of carbonyl (C=O) groups is 4. The summed E-state index contributed by atoms with van der Waals surface area (Å²) in [5.74, 6) is -1.90. The second-order valence-corrected chi connectivity index (χ2v) is 8.13. The topological polar surface area (TPSA) is 107 Å².